The Kier molecular flexibility index (Phi) is 5.42. The van der Waals surface area contributed by atoms with Gasteiger partial charge in [-0.15, -0.1) is 0 Å². The maximum Gasteiger partial charge on any atom is 0.287 e. The van der Waals surface area contributed by atoms with E-state index in [4.69, 9.17) is 4.42 Å². The van der Waals surface area contributed by atoms with Crippen molar-refractivity contribution in [1.29, 1.82) is 0 Å². The number of carbonyl (C=O) groups is 1. The molecule has 1 atom stereocenters. The SMILES string of the molecule is CC(NC(=O)c1ccc(CS(=O)(=O)c2ccccc2)o1)c1ccc2ccccc2c1. The smallest absolute Gasteiger partial charge is 0.287 e. The quantitative estimate of drug-likeness (QED) is 0.482. The normalized spacial score (nSPS) is 12.6. The predicted molar refractivity (Wildman–Crippen MR) is 116 cm³/mol. The maximum atomic E-state index is 12.6. The summed E-state index contributed by atoms with van der Waals surface area (Å²) < 4.78 is 30.5. The van der Waals surface area contributed by atoms with Gasteiger partial charge < -0.3 is 9.73 Å². The summed E-state index contributed by atoms with van der Waals surface area (Å²) in [5, 5.41) is 5.14. The molecule has 0 saturated carbocycles. The molecule has 4 rings (SSSR count). The first-order chi connectivity index (χ1) is 14.4. The lowest BCUT2D eigenvalue weighted by atomic mass is 10.0. The Labute approximate surface area is 175 Å². The first-order valence-electron chi connectivity index (χ1n) is 9.58. The molecule has 0 aliphatic carbocycles. The van der Waals surface area contributed by atoms with Crippen molar-refractivity contribution in [2.24, 2.45) is 0 Å². The van der Waals surface area contributed by atoms with Gasteiger partial charge in [-0.05, 0) is 53.6 Å². The van der Waals surface area contributed by atoms with Crippen molar-refractivity contribution in [3.05, 3.63) is 102 Å². The summed E-state index contributed by atoms with van der Waals surface area (Å²) in [4.78, 5) is 12.8. The second-order valence-corrected chi connectivity index (χ2v) is 9.13. The summed E-state index contributed by atoms with van der Waals surface area (Å²) in [5.74, 6) is -0.382. The van der Waals surface area contributed by atoms with Crippen LogP contribution < -0.4 is 5.32 Å². The zero-order chi connectivity index (χ0) is 21.1. The van der Waals surface area contributed by atoms with Crippen LogP contribution in [0.5, 0.6) is 0 Å². The summed E-state index contributed by atoms with van der Waals surface area (Å²) in [5.41, 5.74) is 0.973. The first-order valence-corrected chi connectivity index (χ1v) is 11.2. The number of hydrogen-bond donors (Lipinski definition) is 1. The molecule has 1 aromatic heterocycles. The zero-order valence-electron chi connectivity index (χ0n) is 16.4. The molecule has 0 radical (unpaired) electrons. The minimum atomic E-state index is -3.54. The van der Waals surface area contributed by atoms with Crippen molar-refractivity contribution in [2.45, 2.75) is 23.6 Å². The summed E-state index contributed by atoms with van der Waals surface area (Å²) in [6, 6.07) is 25.0. The third-order valence-electron chi connectivity index (χ3n) is 4.94. The van der Waals surface area contributed by atoms with Crippen LogP contribution in [0.4, 0.5) is 0 Å². The van der Waals surface area contributed by atoms with Crippen molar-refractivity contribution < 1.29 is 17.6 Å². The van der Waals surface area contributed by atoms with Crippen LogP contribution in [-0.4, -0.2) is 14.3 Å². The van der Waals surface area contributed by atoms with E-state index >= 15 is 0 Å². The summed E-state index contributed by atoms with van der Waals surface area (Å²) in [7, 11) is -3.54. The van der Waals surface area contributed by atoms with Crippen molar-refractivity contribution in [3.63, 3.8) is 0 Å². The van der Waals surface area contributed by atoms with Gasteiger partial charge in [-0.25, -0.2) is 8.42 Å². The van der Waals surface area contributed by atoms with E-state index in [9.17, 15) is 13.2 Å². The van der Waals surface area contributed by atoms with Crippen LogP contribution in [0, 0.1) is 0 Å². The Bertz CT molecular complexity index is 1290. The van der Waals surface area contributed by atoms with Crippen molar-refractivity contribution in [1.82, 2.24) is 5.32 Å². The largest absolute Gasteiger partial charge is 0.455 e. The highest BCUT2D eigenvalue weighted by atomic mass is 32.2. The van der Waals surface area contributed by atoms with Crippen LogP contribution >= 0.6 is 0 Å². The Morgan fingerprint density at radius 2 is 1.60 bits per heavy atom. The molecule has 1 amide bonds. The Balaban J connectivity index is 1.46. The Morgan fingerprint density at radius 3 is 2.37 bits per heavy atom. The standard InChI is InChI=1S/C24H21NO4S/c1-17(19-12-11-18-7-5-6-8-20(18)15-19)25-24(26)23-14-13-21(29-23)16-30(27,28)22-9-3-2-4-10-22/h2-15,17H,16H2,1H3,(H,25,26). The fourth-order valence-corrected chi connectivity index (χ4v) is 4.57. The molecule has 0 spiro atoms. The summed E-state index contributed by atoms with van der Waals surface area (Å²) in [6.45, 7) is 1.89. The van der Waals surface area contributed by atoms with Crippen molar-refractivity contribution in [2.75, 3.05) is 0 Å². The van der Waals surface area contributed by atoms with E-state index in [-0.39, 0.29) is 34.1 Å². The van der Waals surface area contributed by atoms with E-state index in [1.165, 1.54) is 24.3 Å². The van der Waals surface area contributed by atoms with E-state index in [0.29, 0.717) is 0 Å². The Morgan fingerprint density at radius 1 is 0.900 bits per heavy atom. The number of fused-ring (bicyclic) bond motifs is 1. The molecule has 1 N–H and O–H groups in total. The van der Waals surface area contributed by atoms with Crippen LogP contribution in [0.15, 0.2) is 94.2 Å². The molecule has 0 aliphatic heterocycles. The lowest BCUT2D eigenvalue weighted by Crippen LogP contribution is -2.26. The van der Waals surface area contributed by atoms with Crippen LogP contribution in [0.3, 0.4) is 0 Å². The number of amides is 1. The third-order valence-corrected chi connectivity index (χ3v) is 6.60. The molecule has 0 bridgehead atoms. The number of rotatable bonds is 6. The van der Waals surface area contributed by atoms with Gasteiger partial charge in [-0.2, -0.15) is 0 Å². The minimum Gasteiger partial charge on any atom is -0.455 e. The Hall–Kier alpha value is -3.38. The molecule has 5 nitrogen and oxygen atoms in total. The number of furan rings is 1. The molecule has 0 saturated heterocycles. The fourth-order valence-electron chi connectivity index (χ4n) is 3.30. The number of nitrogens with one attached hydrogen (secondary N) is 1. The highest BCUT2D eigenvalue weighted by Crippen LogP contribution is 2.22. The van der Waals surface area contributed by atoms with Gasteiger partial charge in [-0.3, -0.25) is 4.79 Å². The van der Waals surface area contributed by atoms with Gasteiger partial charge in [0.25, 0.3) is 5.91 Å². The fraction of sp³-hybridized carbons (Fsp3) is 0.125. The van der Waals surface area contributed by atoms with E-state index in [1.807, 2.05) is 49.4 Å². The second kappa shape index (κ2) is 8.16. The van der Waals surface area contributed by atoms with E-state index in [1.54, 1.807) is 18.2 Å². The molecule has 0 aliphatic rings. The molecule has 1 unspecified atom stereocenters. The van der Waals surface area contributed by atoms with Crippen LogP contribution in [0.1, 0.15) is 34.8 Å². The highest BCUT2D eigenvalue weighted by Gasteiger charge is 2.20. The van der Waals surface area contributed by atoms with Gasteiger partial charge in [0, 0.05) is 0 Å². The molecule has 1 heterocycles. The van der Waals surface area contributed by atoms with Gasteiger partial charge in [-0.1, -0.05) is 54.6 Å². The number of benzene rings is 3. The average molecular weight is 420 g/mol. The van der Waals surface area contributed by atoms with Crippen LogP contribution in [-0.2, 0) is 15.6 Å². The summed E-state index contributed by atoms with van der Waals surface area (Å²) in [6.07, 6.45) is 0. The van der Waals surface area contributed by atoms with Gasteiger partial charge in [0.2, 0.25) is 0 Å². The molecule has 152 valence electrons. The zero-order valence-corrected chi connectivity index (χ0v) is 17.2. The minimum absolute atomic E-state index is 0.0842. The van der Waals surface area contributed by atoms with Gasteiger partial charge in [0.1, 0.15) is 11.5 Å². The number of sulfone groups is 1. The maximum absolute atomic E-state index is 12.6. The van der Waals surface area contributed by atoms with E-state index in [0.717, 1.165) is 16.3 Å². The predicted octanol–water partition coefficient (Wildman–Crippen LogP) is 4.90. The van der Waals surface area contributed by atoms with Crippen LogP contribution in [0.2, 0.25) is 0 Å². The van der Waals surface area contributed by atoms with Crippen molar-refractivity contribution in [3.8, 4) is 0 Å². The highest BCUT2D eigenvalue weighted by molar-refractivity contribution is 7.90. The molecule has 6 heteroatoms. The lowest BCUT2D eigenvalue weighted by molar-refractivity contribution is 0.0910. The first kappa shape index (κ1) is 19.9. The van der Waals surface area contributed by atoms with Crippen molar-refractivity contribution >= 4 is 26.5 Å². The van der Waals surface area contributed by atoms with Gasteiger partial charge >= 0.3 is 0 Å². The molecule has 30 heavy (non-hydrogen) atoms. The molecule has 3 aromatic carbocycles. The molecular weight excluding hydrogens is 398 g/mol. The molecule has 0 fully saturated rings. The molecular formula is C24H21NO4S. The lowest BCUT2D eigenvalue weighted by Gasteiger charge is -2.14. The topological polar surface area (TPSA) is 76.4 Å². The van der Waals surface area contributed by atoms with E-state index < -0.39 is 9.84 Å². The monoisotopic (exact) mass is 419 g/mol. The number of carbonyl (C=O) groups excluding carboxylic acids is 1. The third kappa shape index (κ3) is 4.28. The number of hydrogen-bond acceptors (Lipinski definition) is 4. The van der Waals surface area contributed by atoms with Gasteiger partial charge in [0.05, 0.1) is 10.9 Å². The second-order valence-electron chi connectivity index (χ2n) is 7.14. The van der Waals surface area contributed by atoms with Crippen LogP contribution in [0.25, 0.3) is 10.8 Å². The molecule has 4 aromatic rings. The van der Waals surface area contributed by atoms with E-state index in [2.05, 4.69) is 5.32 Å². The summed E-state index contributed by atoms with van der Waals surface area (Å²) >= 11 is 0. The average Bonchev–Trinajstić information content (AvgIpc) is 3.22. The van der Waals surface area contributed by atoms with Gasteiger partial charge in [0.15, 0.2) is 15.6 Å².